The van der Waals surface area contributed by atoms with E-state index in [2.05, 4.69) is 45.7 Å². The second kappa shape index (κ2) is 16.2. The predicted molar refractivity (Wildman–Crippen MR) is 195 cm³/mol. The van der Waals surface area contributed by atoms with Crippen LogP contribution < -0.4 is 5.73 Å². The van der Waals surface area contributed by atoms with Crippen LogP contribution in [0.25, 0.3) is 5.00 Å². The van der Waals surface area contributed by atoms with Gasteiger partial charge in [0.2, 0.25) is 0 Å². The Kier molecular flexibility index (Phi) is 11.5. The van der Waals surface area contributed by atoms with Crippen molar-refractivity contribution in [1.82, 2.24) is 19.7 Å². The van der Waals surface area contributed by atoms with Gasteiger partial charge in [0.05, 0.1) is 30.5 Å². The average molecular weight is 701 g/mol. The minimum absolute atomic E-state index is 0.0957. The number of allylic oxidation sites excluding steroid dienone is 4. The zero-order valence-electron chi connectivity index (χ0n) is 28.4. The zero-order chi connectivity index (χ0) is 34.3. The van der Waals surface area contributed by atoms with Crippen molar-refractivity contribution < 1.29 is 19.4 Å². The van der Waals surface area contributed by atoms with Crippen LogP contribution >= 0.6 is 22.7 Å². The molecule has 6 rings (SSSR count). The number of nitrogens with zero attached hydrogens (tertiary/aromatic N) is 5. The number of nitrogen functional groups attached to an aromatic ring is 1. The van der Waals surface area contributed by atoms with E-state index in [9.17, 15) is 4.79 Å². The van der Waals surface area contributed by atoms with Gasteiger partial charge < -0.3 is 20.3 Å². The number of aromatic nitrogens is 4. The van der Waals surface area contributed by atoms with Gasteiger partial charge in [-0.05, 0) is 93.7 Å². The number of aryl methyl sites for hydroxylation is 3. The Labute approximate surface area is 295 Å². The van der Waals surface area contributed by atoms with Gasteiger partial charge in [-0.2, -0.15) is 0 Å². The Balaban J connectivity index is 1.00. The summed E-state index contributed by atoms with van der Waals surface area (Å²) in [5.41, 5.74) is 14.9. The standard InChI is InChI=1S/C37H44N6O4S2/c1-23-24(2)49-37-34(23)35(40-31(22-32-39-13-18-48-32)36-42-41-25(3)43(36)37)29-9-6-26(7-10-29)5-4-14-46-16-17-47-15-12-28-19-27(8-11-33(44)45)20-30(38)21-28/h6,9,13,18-21,31H,4-5,7-8,10-12,14-17,22,38H2,1-3H3,(H,44,45)/t31-/m0/s1. The molecule has 3 aromatic heterocycles. The number of thiophene rings is 1. The number of nitrogens with two attached hydrogens (primary N) is 1. The van der Waals surface area contributed by atoms with Gasteiger partial charge in [0.25, 0.3) is 0 Å². The maximum Gasteiger partial charge on any atom is 0.303 e. The molecule has 49 heavy (non-hydrogen) atoms. The van der Waals surface area contributed by atoms with Gasteiger partial charge in [0.1, 0.15) is 16.9 Å². The van der Waals surface area contributed by atoms with Gasteiger partial charge in [0.15, 0.2) is 5.82 Å². The Morgan fingerprint density at radius 1 is 1.00 bits per heavy atom. The molecule has 4 aromatic rings. The summed E-state index contributed by atoms with van der Waals surface area (Å²) in [6, 6.07) is 5.61. The van der Waals surface area contributed by atoms with E-state index in [1.54, 1.807) is 22.7 Å². The van der Waals surface area contributed by atoms with E-state index in [-0.39, 0.29) is 12.5 Å². The van der Waals surface area contributed by atoms with Crippen molar-refractivity contribution in [3.63, 3.8) is 0 Å². The second-order valence-corrected chi connectivity index (χ2v) is 14.8. The normalized spacial score (nSPS) is 15.7. The fourth-order valence-electron chi connectivity index (χ4n) is 6.40. The monoisotopic (exact) mass is 700 g/mol. The molecule has 0 saturated carbocycles. The second-order valence-electron chi connectivity index (χ2n) is 12.6. The van der Waals surface area contributed by atoms with Crippen molar-refractivity contribution in [2.75, 3.05) is 32.2 Å². The van der Waals surface area contributed by atoms with Gasteiger partial charge in [-0.3, -0.25) is 14.4 Å². The molecule has 258 valence electrons. The number of aliphatic carboxylic acids is 1. The quantitative estimate of drug-likeness (QED) is 0.0933. The number of carbonyl (C=O) groups is 1. The summed E-state index contributed by atoms with van der Waals surface area (Å²) in [4.78, 5) is 22.2. The molecular weight excluding hydrogens is 657 g/mol. The maximum absolute atomic E-state index is 10.9. The van der Waals surface area contributed by atoms with Crippen LogP contribution in [0.2, 0.25) is 0 Å². The number of ether oxygens (including phenoxy) is 2. The van der Waals surface area contributed by atoms with Crippen molar-refractivity contribution in [2.24, 2.45) is 4.99 Å². The summed E-state index contributed by atoms with van der Waals surface area (Å²) in [5, 5.41) is 22.3. The van der Waals surface area contributed by atoms with Crippen molar-refractivity contribution in [3.05, 3.63) is 96.9 Å². The molecule has 1 atom stereocenters. The molecule has 0 radical (unpaired) electrons. The van der Waals surface area contributed by atoms with E-state index in [1.807, 2.05) is 36.7 Å². The molecule has 0 unspecified atom stereocenters. The number of thiazole rings is 1. The molecule has 1 aliphatic heterocycles. The van der Waals surface area contributed by atoms with E-state index >= 15 is 0 Å². The summed E-state index contributed by atoms with van der Waals surface area (Å²) in [5.74, 6) is 0.958. The highest BCUT2D eigenvalue weighted by molar-refractivity contribution is 7.15. The number of anilines is 1. The first-order chi connectivity index (χ1) is 23.8. The first-order valence-corrected chi connectivity index (χ1v) is 18.6. The minimum Gasteiger partial charge on any atom is -0.481 e. The lowest BCUT2D eigenvalue weighted by Crippen LogP contribution is -2.12. The lowest BCUT2D eigenvalue weighted by Gasteiger charge is -2.18. The summed E-state index contributed by atoms with van der Waals surface area (Å²) < 4.78 is 13.9. The Bertz CT molecular complexity index is 1870. The first kappa shape index (κ1) is 34.9. The molecule has 1 aromatic carbocycles. The summed E-state index contributed by atoms with van der Waals surface area (Å²) in [7, 11) is 0. The van der Waals surface area contributed by atoms with Crippen LogP contribution in [-0.2, 0) is 33.5 Å². The minimum atomic E-state index is -0.808. The highest BCUT2D eigenvalue weighted by Gasteiger charge is 2.32. The van der Waals surface area contributed by atoms with Crippen molar-refractivity contribution >= 4 is 40.0 Å². The Morgan fingerprint density at radius 2 is 1.80 bits per heavy atom. The molecule has 2 aliphatic rings. The lowest BCUT2D eigenvalue weighted by molar-refractivity contribution is -0.136. The molecule has 12 heteroatoms. The van der Waals surface area contributed by atoms with Gasteiger partial charge in [0, 0.05) is 47.2 Å². The van der Waals surface area contributed by atoms with E-state index in [0.717, 1.165) is 70.6 Å². The van der Waals surface area contributed by atoms with Crippen LogP contribution in [0.3, 0.4) is 0 Å². The van der Waals surface area contributed by atoms with Crippen molar-refractivity contribution in [1.29, 1.82) is 0 Å². The molecule has 4 heterocycles. The Hall–Kier alpha value is -3.97. The molecule has 0 fully saturated rings. The number of fused-ring (bicyclic) bond motifs is 3. The van der Waals surface area contributed by atoms with Gasteiger partial charge in [-0.25, -0.2) is 4.98 Å². The molecular formula is C37H44N6O4S2. The number of hydrogen-bond donors (Lipinski definition) is 2. The molecule has 10 nitrogen and oxygen atoms in total. The largest absolute Gasteiger partial charge is 0.481 e. The summed E-state index contributed by atoms with van der Waals surface area (Å²) >= 11 is 3.45. The van der Waals surface area contributed by atoms with Gasteiger partial charge in [-0.1, -0.05) is 23.8 Å². The average Bonchev–Trinajstić information content (AvgIpc) is 3.78. The number of benzene rings is 1. The van der Waals surface area contributed by atoms with Crippen LogP contribution in [0.5, 0.6) is 0 Å². The Morgan fingerprint density at radius 3 is 2.53 bits per heavy atom. The van der Waals surface area contributed by atoms with E-state index in [0.29, 0.717) is 45.0 Å². The third-order valence-corrected chi connectivity index (χ3v) is 11.0. The summed E-state index contributed by atoms with van der Waals surface area (Å²) in [6.45, 7) is 8.76. The maximum atomic E-state index is 10.9. The van der Waals surface area contributed by atoms with Gasteiger partial charge >= 0.3 is 5.97 Å². The van der Waals surface area contributed by atoms with Crippen LogP contribution in [0, 0.1) is 20.8 Å². The van der Waals surface area contributed by atoms with Crippen LogP contribution in [0.1, 0.15) is 81.9 Å². The van der Waals surface area contributed by atoms with Gasteiger partial charge in [-0.15, -0.1) is 32.9 Å². The fourth-order valence-corrected chi connectivity index (χ4v) is 8.27. The highest BCUT2D eigenvalue weighted by atomic mass is 32.1. The van der Waals surface area contributed by atoms with Crippen LogP contribution in [0.4, 0.5) is 5.69 Å². The molecule has 0 spiro atoms. The number of carboxylic acid groups (broad SMARTS) is 1. The lowest BCUT2D eigenvalue weighted by atomic mass is 9.89. The van der Waals surface area contributed by atoms with E-state index in [4.69, 9.17) is 25.3 Å². The number of hydrogen-bond acceptors (Lipinski definition) is 10. The first-order valence-electron chi connectivity index (χ1n) is 16.9. The molecule has 3 N–H and O–H groups in total. The van der Waals surface area contributed by atoms with E-state index < -0.39 is 5.97 Å². The van der Waals surface area contributed by atoms with Crippen LogP contribution in [-0.4, -0.2) is 63.0 Å². The fraction of sp³-hybridized carbons (Fsp3) is 0.432. The highest BCUT2D eigenvalue weighted by Crippen LogP contribution is 2.41. The van der Waals surface area contributed by atoms with Crippen LogP contribution in [0.15, 0.2) is 58.1 Å². The predicted octanol–water partition coefficient (Wildman–Crippen LogP) is 7.10. The van der Waals surface area contributed by atoms with E-state index in [1.165, 1.54) is 27.2 Å². The zero-order valence-corrected chi connectivity index (χ0v) is 30.0. The molecule has 0 saturated heterocycles. The van der Waals surface area contributed by atoms with Crippen molar-refractivity contribution in [3.8, 4) is 5.00 Å². The number of carboxylic acids is 1. The summed E-state index contributed by atoms with van der Waals surface area (Å²) in [6.07, 6.45) is 12.3. The number of rotatable bonds is 16. The SMILES string of the molecule is Cc1sc2c(c1C)C(C1=CC=C(CCCOCCOCCc3cc(N)cc(CCC(=O)O)c3)CC1)=N[C@@H](Cc1nccs1)c1nnc(C)n1-2. The molecule has 0 amide bonds. The number of aliphatic imine (C=N–C) groups is 1. The smallest absolute Gasteiger partial charge is 0.303 e. The van der Waals surface area contributed by atoms with Crippen molar-refractivity contribution in [2.45, 2.75) is 78.2 Å². The third-order valence-electron chi connectivity index (χ3n) is 9.03. The molecule has 1 aliphatic carbocycles. The molecule has 0 bridgehead atoms. The third kappa shape index (κ3) is 8.61. The topological polar surface area (TPSA) is 138 Å².